The highest BCUT2D eigenvalue weighted by Gasteiger charge is 2.05. The standard InChI is InChI=1S/C8H9N5/c1-4-5(2)10-8-7(9-4)6(3)11-13-12-8/h1-3H3. The van der Waals surface area contributed by atoms with Crippen molar-refractivity contribution in [1.82, 2.24) is 25.4 Å². The van der Waals surface area contributed by atoms with E-state index >= 15 is 0 Å². The first-order valence-corrected chi connectivity index (χ1v) is 3.99. The SMILES string of the molecule is Cc1nc2nnnc(C)c2nc1C. The first kappa shape index (κ1) is 7.97. The summed E-state index contributed by atoms with van der Waals surface area (Å²) in [7, 11) is 0. The van der Waals surface area contributed by atoms with Crippen molar-refractivity contribution in [3.8, 4) is 0 Å². The van der Waals surface area contributed by atoms with Gasteiger partial charge in [-0.05, 0) is 26.0 Å². The third-order valence-electron chi connectivity index (χ3n) is 1.97. The van der Waals surface area contributed by atoms with Crippen molar-refractivity contribution in [3.05, 3.63) is 17.1 Å². The number of nitrogens with zero attached hydrogens (tertiary/aromatic N) is 5. The summed E-state index contributed by atoms with van der Waals surface area (Å²) in [6, 6.07) is 0. The van der Waals surface area contributed by atoms with Crippen molar-refractivity contribution in [1.29, 1.82) is 0 Å². The number of rotatable bonds is 0. The molecule has 5 heteroatoms. The van der Waals surface area contributed by atoms with E-state index in [4.69, 9.17) is 0 Å². The van der Waals surface area contributed by atoms with Gasteiger partial charge in [0.15, 0.2) is 0 Å². The average molecular weight is 175 g/mol. The minimum atomic E-state index is 0.565. The normalized spacial score (nSPS) is 10.7. The fourth-order valence-corrected chi connectivity index (χ4v) is 1.08. The molecule has 0 saturated heterocycles. The van der Waals surface area contributed by atoms with E-state index in [1.54, 1.807) is 0 Å². The van der Waals surface area contributed by atoms with Gasteiger partial charge in [-0.25, -0.2) is 9.97 Å². The Balaban J connectivity index is 2.89. The van der Waals surface area contributed by atoms with Crippen molar-refractivity contribution in [3.63, 3.8) is 0 Å². The van der Waals surface area contributed by atoms with E-state index in [9.17, 15) is 0 Å². The highest BCUT2D eigenvalue weighted by molar-refractivity contribution is 5.71. The van der Waals surface area contributed by atoms with Gasteiger partial charge in [0.2, 0.25) is 5.65 Å². The molecule has 0 aliphatic rings. The number of hydrogen-bond acceptors (Lipinski definition) is 5. The van der Waals surface area contributed by atoms with Crippen LogP contribution in [0, 0.1) is 20.8 Å². The van der Waals surface area contributed by atoms with Gasteiger partial charge in [0.05, 0.1) is 17.1 Å². The van der Waals surface area contributed by atoms with Gasteiger partial charge in [0.1, 0.15) is 5.52 Å². The summed E-state index contributed by atoms with van der Waals surface area (Å²) in [5.41, 5.74) is 3.85. The van der Waals surface area contributed by atoms with E-state index in [2.05, 4.69) is 25.4 Å². The molecular weight excluding hydrogens is 166 g/mol. The summed E-state index contributed by atoms with van der Waals surface area (Å²) in [6.07, 6.45) is 0. The Morgan fingerprint density at radius 3 is 2.23 bits per heavy atom. The van der Waals surface area contributed by atoms with Crippen LogP contribution in [0.4, 0.5) is 0 Å². The molecule has 0 aliphatic heterocycles. The molecule has 0 spiro atoms. The predicted octanol–water partition coefficient (Wildman–Crippen LogP) is 0.740. The summed E-state index contributed by atoms with van der Waals surface area (Å²) in [5, 5.41) is 11.2. The molecule has 0 bridgehead atoms. The van der Waals surface area contributed by atoms with Crippen molar-refractivity contribution in [2.24, 2.45) is 0 Å². The van der Waals surface area contributed by atoms with Gasteiger partial charge >= 0.3 is 0 Å². The molecule has 0 atom stereocenters. The summed E-state index contributed by atoms with van der Waals surface area (Å²) < 4.78 is 0. The Morgan fingerprint density at radius 1 is 0.769 bits per heavy atom. The molecule has 2 heterocycles. The van der Waals surface area contributed by atoms with Crippen LogP contribution in [0.1, 0.15) is 17.1 Å². The van der Waals surface area contributed by atoms with Crippen LogP contribution >= 0.6 is 0 Å². The van der Waals surface area contributed by atoms with Crippen LogP contribution in [0.15, 0.2) is 0 Å². The van der Waals surface area contributed by atoms with Gasteiger partial charge in [-0.3, -0.25) is 0 Å². The van der Waals surface area contributed by atoms with E-state index < -0.39 is 0 Å². The highest BCUT2D eigenvalue weighted by Crippen LogP contribution is 2.10. The van der Waals surface area contributed by atoms with Crippen LogP contribution in [0.3, 0.4) is 0 Å². The Morgan fingerprint density at radius 2 is 1.46 bits per heavy atom. The highest BCUT2D eigenvalue weighted by atomic mass is 15.3. The van der Waals surface area contributed by atoms with E-state index in [0.29, 0.717) is 5.65 Å². The molecule has 5 nitrogen and oxygen atoms in total. The second-order valence-corrected chi connectivity index (χ2v) is 2.94. The average Bonchev–Trinajstić information content (AvgIpc) is 2.09. The zero-order valence-electron chi connectivity index (χ0n) is 7.74. The quantitative estimate of drug-likeness (QED) is 0.590. The fourth-order valence-electron chi connectivity index (χ4n) is 1.08. The van der Waals surface area contributed by atoms with E-state index in [1.807, 2.05) is 20.8 Å². The Labute approximate surface area is 75.2 Å². The topological polar surface area (TPSA) is 64.5 Å². The first-order valence-electron chi connectivity index (χ1n) is 3.99. The van der Waals surface area contributed by atoms with Gasteiger partial charge < -0.3 is 0 Å². The Kier molecular flexibility index (Phi) is 1.65. The third-order valence-corrected chi connectivity index (χ3v) is 1.97. The molecule has 66 valence electrons. The lowest BCUT2D eigenvalue weighted by molar-refractivity contribution is 0.849. The smallest absolute Gasteiger partial charge is 0.204 e. The molecule has 2 rings (SSSR count). The maximum atomic E-state index is 4.35. The first-order chi connectivity index (χ1) is 6.18. The van der Waals surface area contributed by atoms with Crippen LogP contribution in [0.2, 0.25) is 0 Å². The monoisotopic (exact) mass is 175 g/mol. The molecule has 2 aromatic heterocycles. The van der Waals surface area contributed by atoms with Gasteiger partial charge in [-0.1, -0.05) is 0 Å². The lowest BCUT2D eigenvalue weighted by Crippen LogP contribution is -2.00. The minimum absolute atomic E-state index is 0.565. The van der Waals surface area contributed by atoms with Gasteiger partial charge in [-0.15, -0.1) is 10.2 Å². The molecule has 0 aliphatic carbocycles. The number of aromatic nitrogens is 5. The molecule has 2 aromatic rings. The molecule has 0 radical (unpaired) electrons. The van der Waals surface area contributed by atoms with Crippen LogP contribution in [-0.2, 0) is 0 Å². The number of hydrogen-bond donors (Lipinski definition) is 0. The lowest BCUT2D eigenvalue weighted by Gasteiger charge is -2.01. The Hall–Kier alpha value is -1.65. The maximum Gasteiger partial charge on any atom is 0.204 e. The molecule has 13 heavy (non-hydrogen) atoms. The summed E-state index contributed by atoms with van der Waals surface area (Å²) in [5.74, 6) is 0. The minimum Gasteiger partial charge on any atom is -0.246 e. The molecule has 0 unspecified atom stereocenters. The summed E-state index contributed by atoms with van der Waals surface area (Å²) in [4.78, 5) is 8.61. The zero-order chi connectivity index (χ0) is 9.42. The zero-order valence-corrected chi connectivity index (χ0v) is 7.74. The lowest BCUT2D eigenvalue weighted by atomic mass is 10.3. The number of aryl methyl sites for hydroxylation is 3. The van der Waals surface area contributed by atoms with Crippen molar-refractivity contribution < 1.29 is 0 Å². The maximum absolute atomic E-state index is 4.35. The van der Waals surface area contributed by atoms with Gasteiger partial charge in [-0.2, -0.15) is 0 Å². The molecular formula is C8H9N5. The Bertz CT molecular complexity index is 465. The summed E-state index contributed by atoms with van der Waals surface area (Å²) in [6.45, 7) is 5.67. The predicted molar refractivity (Wildman–Crippen MR) is 47.1 cm³/mol. The molecule has 0 N–H and O–H groups in total. The molecule has 0 saturated carbocycles. The molecule has 0 amide bonds. The largest absolute Gasteiger partial charge is 0.246 e. The van der Waals surface area contributed by atoms with Crippen LogP contribution in [0.25, 0.3) is 11.2 Å². The van der Waals surface area contributed by atoms with E-state index in [0.717, 1.165) is 22.6 Å². The van der Waals surface area contributed by atoms with E-state index in [1.165, 1.54) is 0 Å². The van der Waals surface area contributed by atoms with Gasteiger partial charge in [0, 0.05) is 0 Å². The van der Waals surface area contributed by atoms with Crippen LogP contribution in [0.5, 0.6) is 0 Å². The van der Waals surface area contributed by atoms with Crippen molar-refractivity contribution in [2.75, 3.05) is 0 Å². The van der Waals surface area contributed by atoms with Crippen LogP contribution < -0.4 is 0 Å². The van der Waals surface area contributed by atoms with Crippen molar-refractivity contribution in [2.45, 2.75) is 20.8 Å². The summed E-state index contributed by atoms with van der Waals surface area (Å²) >= 11 is 0. The molecule has 0 fully saturated rings. The van der Waals surface area contributed by atoms with Crippen LogP contribution in [-0.4, -0.2) is 25.4 Å². The second kappa shape index (κ2) is 2.69. The molecule has 0 aromatic carbocycles. The van der Waals surface area contributed by atoms with E-state index in [-0.39, 0.29) is 0 Å². The van der Waals surface area contributed by atoms with Gasteiger partial charge in [0.25, 0.3) is 0 Å². The fraction of sp³-hybridized carbons (Fsp3) is 0.375. The van der Waals surface area contributed by atoms with Crippen molar-refractivity contribution >= 4 is 11.2 Å². The third kappa shape index (κ3) is 1.22. The number of fused-ring (bicyclic) bond motifs is 1. The second-order valence-electron chi connectivity index (χ2n) is 2.94.